The number of anilines is 2. The van der Waals surface area contributed by atoms with E-state index in [9.17, 15) is 9.59 Å². The Kier molecular flexibility index (Phi) is 6.69. The molecule has 5 nitrogen and oxygen atoms in total. The zero-order valence-electron chi connectivity index (χ0n) is 16.7. The number of piperidine rings is 1. The molecular formula is C23H29N3O2. The molecule has 1 aliphatic heterocycles. The highest BCUT2D eigenvalue weighted by Crippen LogP contribution is 2.22. The van der Waals surface area contributed by atoms with E-state index in [2.05, 4.69) is 22.5 Å². The van der Waals surface area contributed by atoms with Gasteiger partial charge in [-0.2, -0.15) is 0 Å². The molecule has 0 bridgehead atoms. The quantitative estimate of drug-likeness (QED) is 0.771. The van der Waals surface area contributed by atoms with Crippen molar-refractivity contribution >= 4 is 23.2 Å². The van der Waals surface area contributed by atoms with Crippen LogP contribution in [-0.2, 0) is 16.0 Å². The number of aryl methyl sites for hydroxylation is 1. The van der Waals surface area contributed by atoms with E-state index in [-0.39, 0.29) is 6.04 Å². The Morgan fingerprint density at radius 2 is 1.57 bits per heavy atom. The summed E-state index contributed by atoms with van der Waals surface area (Å²) in [5, 5.41) is 5.43. The van der Waals surface area contributed by atoms with E-state index in [1.165, 1.54) is 24.8 Å². The second-order valence-electron chi connectivity index (χ2n) is 7.34. The van der Waals surface area contributed by atoms with Crippen LogP contribution in [0.25, 0.3) is 0 Å². The van der Waals surface area contributed by atoms with Gasteiger partial charge in [-0.25, -0.2) is 0 Å². The van der Waals surface area contributed by atoms with Crippen molar-refractivity contribution in [2.75, 3.05) is 23.3 Å². The van der Waals surface area contributed by atoms with Gasteiger partial charge in [0, 0.05) is 24.5 Å². The number of amides is 2. The van der Waals surface area contributed by atoms with E-state index in [0.29, 0.717) is 5.69 Å². The average Bonchev–Trinajstić information content (AvgIpc) is 2.75. The van der Waals surface area contributed by atoms with Crippen LogP contribution in [-0.4, -0.2) is 24.9 Å². The lowest BCUT2D eigenvalue weighted by molar-refractivity contribution is -0.136. The number of nitrogens with one attached hydrogen (secondary N) is 2. The molecule has 1 atom stereocenters. The van der Waals surface area contributed by atoms with Crippen molar-refractivity contribution in [3.8, 4) is 0 Å². The van der Waals surface area contributed by atoms with Crippen molar-refractivity contribution in [1.29, 1.82) is 0 Å². The van der Waals surface area contributed by atoms with Crippen LogP contribution in [0.3, 0.4) is 0 Å². The molecule has 28 heavy (non-hydrogen) atoms. The Morgan fingerprint density at radius 3 is 2.18 bits per heavy atom. The van der Waals surface area contributed by atoms with E-state index >= 15 is 0 Å². The van der Waals surface area contributed by atoms with Gasteiger partial charge in [0.1, 0.15) is 0 Å². The van der Waals surface area contributed by atoms with Gasteiger partial charge in [0.25, 0.3) is 0 Å². The summed E-state index contributed by atoms with van der Waals surface area (Å²) in [7, 11) is 0. The molecule has 3 rings (SSSR count). The van der Waals surface area contributed by atoms with E-state index in [1.807, 2.05) is 55.5 Å². The van der Waals surface area contributed by atoms with E-state index in [4.69, 9.17) is 0 Å². The van der Waals surface area contributed by atoms with Gasteiger partial charge in [0.05, 0.1) is 6.04 Å². The maximum Gasteiger partial charge on any atom is 0.313 e. The highest BCUT2D eigenvalue weighted by molar-refractivity contribution is 6.39. The molecule has 1 heterocycles. The summed E-state index contributed by atoms with van der Waals surface area (Å²) >= 11 is 0. The lowest BCUT2D eigenvalue weighted by Crippen LogP contribution is -2.36. The summed E-state index contributed by atoms with van der Waals surface area (Å²) in [6.07, 6.45) is 4.71. The van der Waals surface area contributed by atoms with Crippen LogP contribution in [0.15, 0.2) is 48.5 Å². The van der Waals surface area contributed by atoms with Gasteiger partial charge in [-0.05, 0) is 68.0 Å². The summed E-state index contributed by atoms with van der Waals surface area (Å²) in [5.74, 6) is -1.28. The molecule has 0 saturated carbocycles. The summed E-state index contributed by atoms with van der Waals surface area (Å²) in [4.78, 5) is 26.8. The minimum absolute atomic E-state index is 0.231. The van der Waals surface area contributed by atoms with Gasteiger partial charge < -0.3 is 15.5 Å². The predicted molar refractivity (Wildman–Crippen MR) is 114 cm³/mol. The van der Waals surface area contributed by atoms with Crippen LogP contribution >= 0.6 is 0 Å². The average molecular weight is 380 g/mol. The fraction of sp³-hybridized carbons (Fsp3) is 0.391. The van der Waals surface area contributed by atoms with Crippen LogP contribution in [0.2, 0.25) is 0 Å². The number of carbonyl (C=O) groups is 2. The Hall–Kier alpha value is -2.82. The largest absolute Gasteiger partial charge is 0.372 e. The molecule has 2 amide bonds. The fourth-order valence-corrected chi connectivity index (χ4v) is 3.48. The Labute approximate surface area is 167 Å². The van der Waals surface area contributed by atoms with Crippen molar-refractivity contribution in [2.24, 2.45) is 0 Å². The number of nitrogens with zero attached hydrogens (tertiary/aromatic N) is 1. The van der Waals surface area contributed by atoms with Gasteiger partial charge in [-0.15, -0.1) is 0 Å². The minimum Gasteiger partial charge on any atom is -0.372 e. The van der Waals surface area contributed by atoms with Crippen molar-refractivity contribution in [1.82, 2.24) is 5.32 Å². The first-order valence-electron chi connectivity index (χ1n) is 10.1. The van der Waals surface area contributed by atoms with Crippen molar-refractivity contribution < 1.29 is 9.59 Å². The van der Waals surface area contributed by atoms with Gasteiger partial charge >= 0.3 is 11.8 Å². The Morgan fingerprint density at radius 1 is 0.929 bits per heavy atom. The molecule has 148 valence electrons. The van der Waals surface area contributed by atoms with Crippen LogP contribution in [0.1, 0.15) is 50.3 Å². The Bertz CT molecular complexity index is 794. The standard InChI is InChI=1S/C23H29N3O2/c1-3-18-7-9-19(10-8-18)17(2)24-22(27)23(28)25-20-11-13-21(14-12-20)26-15-5-4-6-16-26/h7-14,17H,3-6,15-16H2,1-2H3,(H,24,27)(H,25,28). The second kappa shape index (κ2) is 9.40. The van der Waals surface area contributed by atoms with Gasteiger partial charge in [0.2, 0.25) is 0 Å². The lowest BCUT2D eigenvalue weighted by atomic mass is 10.1. The molecule has 5 heteroatoms. The molecule has 0 radical (unpaired) electrons. The molecule has 2 aromatic carbocycles. The molecule has 0 spiro atoms. The van der Waals surface area contributed by atoms with Crippen LogP contribution in [0.5, 0.6) is 0 Å². The van der Waals surface area contributed by atoms with Crippen molar-refractivity contribution in [2.45, 2.75) is 45.6 Å². The monoisotopic (exact) mass is 379 g/mol. The number of hydrogen-bond donors (Lipinski definition) is 2. The van der Waals surface area contributed by atoms with Gasteiger partial charge in [-0.1, -0.05) is 31.2 Å². The molecule has 1 aliphatic rings. The maximum atomic E-state index is 12.2. The third-order valence-corrected chi connectivity index (χ3v) is 5.29. The molecular weight excluding hydrogens is 350 g/mol. The molecule has 1 fully saturated rings. The predicted octanol–water partition coefficient (Wildman–Crippen LogP) is 4.06. The van der Waals surface area contributed by atoms with E-state index in [1.54, 1.807) is 0 Å². The first-order valence-corrected chi connectivity index (χ1v) is 10.1. The summed E-state index contributed by atoms with van der Waals surface area (Å²) in [6, 6.07) is 15.5. The topological polar surface area (TPSA) is 61.4 Å². The molecule has 0 aromatic heterocycles. The zero-order chi connectivity index (χ0) is 19.9. The highest BCUT2D eigenvalue weighted by Gasteiger charge is 2.17. The summed E-state index contributed by atoms with van der Waals surface area (Å²) in [6.45, 7) is 6.12. The molecule has 0 aliphatic carbocycles. The summed E-state index contributed by atoms with van der Waals surface area (Å²) in [5.41, 5.74) is 4.00. The van der Waals surface area contributed by atoms with Crippen LogP contribution < -0.4 is 15.5 Å². The lowest BCUT2D eigenvalue weighted by Gasteiger charge is -2.28. The second-order valence-corrected chi connectivity index (χ2v) is 7.34. The third kappa shape index (κ3) is 5.12. The SMILES string of the molecule is CCc1ccc(C(C)NC(=O)C(=O)Nc2ccc(N3CCCCC3)cc2)cc1. The summed E-state index contributed by atoms with van der Waals surface area (Å²) < 4.78 is 0. The number of benzene rings is 2. The number of carbonyl (C=O) groups excluding carboxylic acids is 2. The van der Waals surface area contributed by atoms with Crippen molar-refractivity contribution in [3.63, 3.8) is 0 Å². The first-order chi connectivity index (χ1) is 13.6. The van der Waals surface area contributed by atoms with Crippen LogP contribution in [0.4, 0.5) is 11.4 Å². The van der Waals surface area contributed by atoms with Gasteiger partial charge in [-0.3, -0.25) is 9.59 Å². The molecule has 1 unspecified atom stereocenters. The number of hydrogen-bond acceptors (Lipinski definition) is 3. The third-order valence-electron chi connectivity index (χ3n) is 5.29. The van der Waals surface area contributed by atoms with Gasteiger partial charge in [0.15, 0.2) is 0 Å². The maximum absolute atomic E-state index is 12.2. The van der Waals surface area contributed by atoms with Crippen molar-refractivity contribution in [3.05, 3.63) is 59.7 Å². The van der Waals surface area contributed by atoms with Crippen LogP contribution in [0, 0.1) is 0 Å². The first kappa shape index (κ1) is 19.9. The smallest absolute Gasteiger partial charge is 0.313 e. The fourth-order valence-electron chi connectivity index (χ4n) is 3.48. The van der Waals surface area contributed by atoms with E-state index < -0.39 is 11.8 Å². The molecule has 2 N–H and O–H groups in total. The van der Waals surface area contributed by atoms with E-state index in [0.717, 1.165) is 30.8 Å². The number of rotatable bonds is 5. The normalized spacial score (nSPS) is 15.0. The zero-order valence-corrected chi connectivity index (χ0v) is 16.7. The minimum atomic E-state index is -0.650. The Balaban J connectivity index is 1.53. The molecule has 1 saturated heterocycles. The highest BCUT2D eigenvalue weighted by atomic mass is 16.2. The molecule has 2 aromatic rings.